The van der Waals surface area contributed by atoms with Crippen LogP contribution in [0, 0.1) is 0 Å². The van der Waals surface area contributed by atoms with Gasteiger partial charge >= 0.3 is 6.36 Å². The molecule has 0 radical (unpaired) electrons. The van der Waals surface area contributed by atoms with Crippen LogP contribution in [-0.2, 0) is 6.54 Å². The van der Waals surface area contributed by atoms with Crippen LogP contribution >= 0.6 is 0 Å². The summed E-state index contributed by atoms with van der Waals surface area (Å²) in [5.74, 6) is -1.87. The number of nitrogens with zero attached hydrogens (tertiary/aromatic N) is 1. The minimum atomic E-state index is -4.88. The molecule has 1 aromatic carbocycles. The van der Waals surface area contributed by atoms with Gasteiger partial charge in [-0.2, -0.15) is 0 Å². The van der Waals surface area contributed by atoms with Crippen LogP contribution in [0.15, 0.2) is 41.5 Å². The molecule has 0 bridgehead atoms. The Morgan fingerprint density at radius 3 is 2.19 bits per heavy atom. The van der Waals surface area contributed by atoms with Gasteiger partial charge in [0.05, 0.1) is 0 Å². The minimum absolute atomic E-state index is 0.0790. The summed E-state index contributed by atoms with van der Waals surface area (Å²) in [6, 6.07) is 5.26. The van der Waals surface area contributed by atoms with Gasteiger partial charge in [0.15, 0.2) is 0 Å². The fourth-order valence-corrected chi connectivity index (χ4v) is 2.79. The van der Waals surface area contributed by atoms with Crippen LogP contribution < -0.4 is 20.8 Å². The van der Waals surface area contributed by atoms with Gasteiger partial charge in [0.2, 0.25) is 5.43 Å². The molecule has 7 nitrogen and oxygen atoms in total. The van der Waals surface area contributed by atoms with E-state index in [9.17, 15) is 27.6 Å². The van der Waals surface area contributed by atoms with Crippen molar-refractivity contribution < 1.29 is 27.5 Å². The highest BCUT2D eigenvalue weighted by Crippen LogP contribution is 2.26. The number of benzene rings is 1. The number of ether oxygens (including phenoxy) is 1. The Morgan fingerprint density at radius 1 is 1.06 bits per heavy atom. The molecule has 0 aliphatic rings. The van der Waals surface area contributed by atoms with Crippen molar-refractivity contribution in [2.45, 2.75) is 46.1 Å². The maximum atomic E-state index is 12.7. The van der Waals surface area contributed by atoms with Crippen LogP contribution in [0.1, 0.15) is 59.5 Å². The highest BCUT2D eigenvalue weighted by Gasteiger charge is 2.32. The topological polar surface area (TPSA) is 89.4 Å². The van der Waals surface area contributed by atoms with E-state index >= 15 is 0 Å². The summed E-state index contributed by atoms with van der Waals surface area (Å²) in [6.45, 7) is 5.46. The second-order valence-electron chi connectivity index (χ2n) is 6.82. The van der Waals surface area contributed by atoms with E-state index in [0.717, 1.165) is 6.07 Å². The molecule has 2 amide bonds. The van der Waals surface area contributed by atoms with Gasteiger partial charge in [-0.05, 0) is 26.3 Å². The Morgan fingerprint density at radius 2 is 1.65 bits per heavy atom. The van der Waals surface area contributed by atoms with Gasteiger partial charge in [0, 0.05) is 37.1 Å². The minimum Gasteiger partial charge on any atom is -0.405 e. The molecule has 0 aliphatic carbocycles. The molecule has 0 spiro atoms. The van der Waals surface area contributed by atoms with Gasteiger partial charge in [-0.1, -0.05) is 25.1 Å². The van der Waals surface area contributed by atoms with Crippen LogP contribution in [0.2, 0.25) is 0 Å². The quantitative estimate of drug-likeness (QED) is 0.660. The molecule has 168 valence electrons. The molecule has 2 aromatic rings. The lowest BCUT2D eigenvalue weighted by molar-refractivity contribution is -0.274. The average molecular weight is 439 g/mol. The SMILES string of the molecule is CCNC(=O)c1cn(C(C)CC)cc(C(=O)NCc2ccccc2OC(F)(F)F)c1=O. The Balaban J connectivity index is 2.34. The second kappa shape index (κ2) is 10.1. The van der Waals surface area contributed by atoms with Gasteiger partial charge in [-0.15, -0.1) is 13.2 Å². The summed E-state index contributed by atoms with van der Waals surface area (Å²) in [5, 5.41) is 4.97. The maximum Gasteiger partial charge on any atom is 0.573 e. The van der Waals surface area contributed by atoms with E-state index in [1.165, 1.54) is 30.6 Å². The molecule has 1 atom stereocenters. The van der Waals surface area contributed by atoms with Crippen molar-refractivity contribution >= 4 is 11.8 Å². The van der Waals surface area contributed by atoms with E-state index in [4.69, 9.17) is 0 Å². The van der Waals surface area contributed by atoms with E-state index in [1.54, 1.807) is 11.5 Å². The van der Waals surface area contributed by atoms with Gasteiger partial charge in [0.1, 0.15) is 16.9 Å². The summed E-state index contributed by atoms with van der Waals surface area (Å²) in [7, 11) is 0. The van der Waals surface area contributed by atoms with E-state index in [-0.39, 0.29) is 29.3 Å². The maximum absolute atomic E-state index is 12.7. The first-order valence-electron chi connectivity index (χ1n) is 9.73. The molecular weight excluding hydrogens is 415 g/mol. The summed E-state index contributed by atoms with van der Waals surface area (Å²) in [6.07, 6.45) is -1.47. The first kappa shape index (κ1) is 24.0. The fourth-order valence-electron chi connectivity index (χ4n) is 2.79. The molecule has 0 saturated carbocycles. The Bertz CT molecular complexity index is 1000. The first-order chi connectivity index (χ1) is 14.6. The second-order valence-corrected chi connectivity index (χ2v) is 6.82. The predicted molar refractivity (Wildman–Crippen MR) is 108 cm³/mol. The zero-order chi connectivity index (χ0) is 23.2. The number of rotatable bonds is 8. The zero-order valence-electron chi connectivity index (χ0n) is 17.4. The van der Waals surface area contributed by atoms with Crippen LogP contribution in [0.25, 0.3) is 0 Å². The number of hydrogen-bond acceptors (Lipinski definition) is 4. The number of nitrogens with one attached hydrogen (secondary N) is 2. The van der Waals surface area contributed by atoms with E-state index in [1.807, 2.05) is 13.8 Å². The van der Waals surface area contributed by atoms with Crippen LogP contribution in [0.4, 0.5) is 13.2 Å². The fraction of sp³-hybridized carbons (Fsp3) is 0.381. The van der Waals surface area contributed by atoms with Crippen molar-refractivity contribution in [3.63, 3.8) is 0 Å². The summed E-state index contributed by atoms with van der Waals surface area (Å²) < 4.78 is 43.3. The van der Waals surface area contributed by atoms with Crippen molar-refractivity contribution in [1.29, 1.82) is 0 Å². The Hall–Kier alpha value is -3.30. The van der Waals surface area contributed by atoms with Crippen LogP contribution in [0.5, 0.6) is 5.75 Å². The van der Waals surface area contributed by atoms with Crippen LogP contribution in [0.3, 0.4) is 0 Å². The third-order valence-corrected chi connectivity index (χ3v) is 4.61. The van der Waals surface area contributed by atoms with Crippen molar-refractivity contribution in [3.05, 3.63) is 63.6 Å². The number of amides is 2. The molecular formula is C21H24F3N3O4. The normalized spacial score (nSPS) is 12.2. The lowest BCUT2D eigenvalue weighted by atomic mass is 10.1. The van der Waals surface area contributed by atoms with Crippen LogP contribution in [-0.4, -0.2) is 29.3 Å². The summed E-state index contributed by atoms with van der Waals surface area (Å²) in [5.41, 5.74) is -1.15. The van der Waals surface area contributed by atoms with E-state index in [2.05, 4.69) is 15.4 Å². The number of aromatic nitrogens is 1. The highest BCUT2D eigenvalue weighted by molar-refractivity contribution is 5.99. The number of pyridine rings is 1. The number of halogens is 3. The lowest BCUT2D eigenvalue weighted by Crippen LogP contribution is -2.35. The smallest absolute Gasteiger partial charge is 0.405 e. The van der Waals surface area contributed by atoms with E-state index in [0.29, 0.717) is 13.0 Å². The zero-order valence-corrected chi connectivity index (χ0v) is 17.4. The van der Waals surface area contributed by atoms with Gasteiger partial charge < -0.3 is 19.9 Å². The molecule has 1 unspecified atom stereocenters. The number of hydrogen-bond donors (Lipinski definition) is 2. The number of carbonyl (C=O) groups is 2. The molecule has 10 heteroatoms. The Kier molecular flexibility index (Phi) is 7.84. The third kappa shape index (κ3) is 6.34. The third-order valence-electron chi connectivity index (χ3n) is 4.61. The summed E-state index contributed by atoms with van der Waals surface area (Å²) >= 11 is 0. The van der Waals surface area contributed by atoms with Gasteiger partial charge in [0.25, 0.3) is 11.8 Å². The average Bonchev–Trinajstić information content (AvgIpc) is 2.71. The largest absolute Gasteiger partial charge is 0.573 e. The number of para-hydroxylation sites is 1. The van der Waals surface area contributed by atoms with Crippen molar-refractivity contribution in [2.24, 2.45) is 0 Å². The molecule has 0 saturated heterocycles. The Labute approximate surface area is 177 Å². The molecule has 31 heavy (non-hydrogen) atoms. The molecule has 0 aliphatic heterocycles. The van der Waals surface area contributed by atoms with Crippen molar-refractivity contribution in [2.75, 3.05) is 6.54 Å². The molecule has 2 rings (SSSR count). The van der Waals surface area contributed by atoms with Gasteiger partial charge in [-0.25, -0.2) is 0 Å². The number of alkyl halides is 3. The summed E-state index contributed by atoms with van der Waals surface area (Å²) in [4.78, 5) is 37.7. The molecule has 1 heterocycles. The molecule has 1 aromatic heterocycles. The van der Waals surface area contributed by atoms with E-state index < -0.39 is 29.4 Å². The van der Waals surface area contributed by atoms with Gasteiger partial charge in [-0.3, -0.25) is 14.4 Å². The molecule has 0 fully saturated rings. The highest BCUT2D eigenvalue weighted by atomic mass is 19.4. The molecule has 2 N–H and O–H groups in total. The number of carbonyl (C=O) groups excluding carboxylic acids is 2. The standard InChI is InChI=1S/C21H24F3N3O4/c1-4-13(3)27-11-15(19(29)25-5-2)18(28)16(12-27)20(30)26-10-14-8-6-7-9-17(14)31-21(22,23)24/h6-9,11-13H,4-5,10H2,1-3H3,(H,25,29)(H,26,30). The monoisotopic (exact) mass is 439 g/mol. The van der Waals surface area contributed by atoms with Crippen molar-refractivity contribution in [1.82, 2.24) is 15.2 Å². The predicted octanol–water partition coefficient (Wildman–Crippen LogP) is 3.40. The van der Waals surface area contributed by atoms with Crippen molar-refractivity contribution in [3.8, 4) is 5.75 Å². The first-order valence-corrected chi connectivity index (χ1v) is 9.73. The lowest BCUT2D eigenvalue weighted by Gasteiger charge is -2.17.